The molecule has 1 aromatic rings. The maximum absolute atomic E-state index is 4.51. The first kappa shape index (κ1) is 13.3. The van der Waals surface area contributed by atoms with Crippen molar-refractivity contribution in [3.63, 3.8) is 0 Å². The van der Waals surface area contributed by atoms with E-state index < -0.39 is 0 Å². The molecule has 2 rings (SSSR count). The molecule has 0 aromatic carbocycles. The zero-order chi connectivity index (χ0) is 13.0. The lowest BCUT2D eigenvalue weighted by Gasteiger charge is -2.10. The summed E-state index contributed by atoms with van der Waals surface area (Å²) in [6.07, 6.45) is 4.08. The standard InChI is InChI=1S/C13H22N4S/c1-9-10(2)18-12(17-9)8-16-13(14-3)15-7-6-11-4-5-11/h11H,4-8H2,1-3H3,(H2,14,15,16). The van der Waals surface area contributed by atoms with Crippen LogP contribution in [0, 0.1) is 19.8 Å². The molecule has 0 aliphatic heterocycles. The number of aromatic nitrogens is 1. The Labute approximate surface area is 113 Å². The Bertz CT molecular complexity index is 401. The summed E-state index contributed by atoms with van der Waals surface area (Å²) in [4.78, 5) is 10.0. The number of thiazole rings is 1. The number of aliphatic imine (C=N–C) groups is 1. The number of nitrogens with one attached hydrogen (secondary N) is 2. The van der Waals surface area contributed by atoms with Gasteiger partial charge in [0.1, 0.15) is 5.01 Å². The van der Waals surface area contributed by atoms with Crippen LogP contribution < -0.4 is 10.6 Å². The largest absolute Gasteiger partial charge is 0.356 e. The summed E-state index contributed by atoms with van der Waals surface area (Å²) in [5, 5.41) is 7.78. The van der Waals surface area contributed by atoms with E-state index in [2.05, 4.69) is 34.5 Å². The normalized spacial score (nSPS) is 15.8. The van der Waals surface area contributed by atoms with Gasteiger partial charge in [0.2, 0.25) is 0 Å². The van der Waals surface area contributed by atoms with Crippen molar-refractivity contribution in [3.8, 4) is 0 Å². The van der Waals surface area contributed by atoms with E-state index in [9.17, 15) is 0 Å². The van der Waals surface area contributed by atoms with Gasteiger partial charge in [-0.2, -0.15) is 0 Å². The van der Waals surface area contributed by atoms with E-state index in [1.807, 2.05) is 7.05 Å². The minimum Gasteiger partial charge on any atom is -0.356 e. The van der Waals surface area contributed by atoms with Crippen molar-refractivity contribution in [1.29, 1.82) is 0 Å². The van der Waals surface area contributed by atoms with Gasteiger partial charge < -0.3 is 10.6 Å². The quantitative estimate of drug-likeness (QED) is 0.634. The maximum Gasteiger partial charge on any atom is 0.191 e. The fraction of sp³-hybridized carbons (Fsp3) is 0.692. The van der Waals surface area contributed by atoms with Crippen molar-refractivity contribution in [2.24, 2.45) is 10.9 Å². The van der Waals surface area contributed by atoms with Gasteiger partial charge in [-0.1, -0.05) is 12.8 Å². The summed E-state index contributed by atoms with van der Waals surface area (Å²) < 4.78 is 0. The molecule has 5 heteroatoms. The van der Waals surface area contributed by atoms with Gasteiger partial charge in [0.25, 0.3) is 0 Å². The van der Waals surface area contributed by atoms with Crippen molar-refractivity contribution in [1.82, 2.24) is 15.6 Å². The number of rotatable bonds is 5. The predicted molar refractivity (Wildman–Crippen MR) is 77.1 cm³/mol. The lowest BCUT2D eigenvalue weighted by atomic mass is 10.3. The highest BCUT2D eigenvalue weighted by atomic mass is 32.1. The Morgan fingerprint density at radius 3 is 2.72 bits per heavy atom. The van der Waals surface area contributed by atoms with Crippen LogP contribution in [0.25, 0.3) is 0 Å². The van der Waals surface area contributed by atoms with E-state index in [-0.39, 0.29) is 0 Å². The van der Waals surface area contributed by atoms with Gasteiger partial charge in [0.05, 0.1) is 12.2 Å². The molecule has 100 valence electrons. The number of hydrogen-bond donors (Lipinski definition) is 2. The summed E-state index contributed by atoms with van der Waals surface area (Å²) in [6.45, 7) is 5.93. The molecule has 1 aliphatic carbocycles. The van der Waals surface area contributed by atoms with Gasteiger partial charge in [-0.05, 0) is 26.2 Å². The van der Waals surface area contributed by atoms with Crippen LogP contribution in [0.15, 0.2) is 4.99 Å². The van der Waals surface area contributed by atoms with E-state index in [1.165, 1.54) is 24.1 Å². The third-order valence-electron chi connectivity index (χ3n) is 3.25. The van der Waals surface area contributed by atoms with Crippen LogP contribution in [0.1, 0.15) is 34.8 Å². The number of aryl methyl sites for hydroxylation is 2. The third kappa shape index (κ3) is 3.98. The van der Waals surface area contributed by atoms with Crippen molar-refractivity contribution in [2.75, 3.05) is 13.6 Å². The molecular formula is C13H22N4S. The topological polar surface area (TPSA) is 49.3 Å². The zero-order valence-electron chi connectivity index (χ0n) is 11.4. The van der Waals surface area contributed by atoms with E-state index in [0.29, 0.717) is 0 Å². The van der Waals surface area contributed by atoms with Crippen molar-refractivity contribution >= 4 is 17.3 Å². The lowest BCUT2D eigenvalue weighted by Crippen LogP contribution is -2.37. The van der Waals surface area contributed by atoms with E-state index in [0.717, 1.165) is 35.7 Å². The average molecular weight is 266 g/mol. The molecule has 1 saturated carbocycles. The van der Waals surface area contributed by atoms with Crippen LogP contribution >= 0.6 is 11.3 Å². The second kappa shape index (κ2) is 6.18. The van der Waals surface area contributed by atoms with Gasteiger partial charge in [-0.3, -0.25) is 4.99 Å². The minimum atomic E-state index is 0.752. The van der Waals surface area contributed by atoms with Crippen molar-refractivity contribution in [2.45, 2.75) is 39.7 Å². The minimum absolute atomic E-state index is 0.752. The molecule has 1 heterocycles. The molecule has 0 radical (unpaired) electrons. The lowest BCUT2D eigenvalue weighted by molar-refractivity contribution is 0.684. The Hall–Kier alpha value is -1.10. The molecular weight excluding hydrogens is 244 g/mol. The Balaban J connectivity index is 1.72. The Morgan fingerprint density at radius 1 is 1.39 bits per heavy atom. The summed E-state index contributed by atoms with van der Waals surface area (Å²) in [6, 6.07) is 0. The summed E-state index contributed by atoms with van der Waals surface area (Å²) >= 11 is 1.75. The first-order valence-electron chi connectivity index (χ1n) is 6.56. The first-order valence-corrected chi connectivity index (χ1v) is 7.38. The number of hydrogen-bond acceptors (Lipinski definition) is 3. The maximum atomic E-state index is 4.51. The first-order chi connectivity index (χ1) is 8.69. The van der Waals surface area contributed by atoms with Gasteiger partial charge in [0.15, 0.2) is 5.96 Å². The monoisotopic (exact) mass is 266 g/mol. The van der Waals surface area contributed by atoms with Crippen LogP contribution in [0.2, 0.25) is 0 Å². The molecule has 0 saturated heterocycles. The molecule has 0 spiro atoms. The number of guanidine groups is 1. The van der Waals surface area contributed by atoms with Crippen molar-refractivity contribution < 1.29 is 0 Å². The second-order valence-electron chi connectivity index (χ2n) is 4.83. The fourth-order valence-electron chi connectivity index (χ4n) is 1.80. The highest BCUT2D eigenvalue weighted by molar-refractivity contribution is 7.11. The molecule has 2 N–H and O–H groups in total. The molecule has 4 nitrogen and oxygen atoms in total. The van der Waals surface area contributed by atoms with Gasteiger partial charge in [-0.25, -0.2) is 4.98 Å². The molecule has 0 amide bonds. The smallest absolute Gasteiger partial charge is 0.191 e. The number of nitrogens with zero attached hydrogens (tertiary/aromatic N) is 2. The molecule has 18 heavy (non-hydrogen) atoms. The zero-order valence-corrected chi connectivity index (χ0v) is 12.2. The Kier molecular flexibility index (Phi) is 4.58. The molecule has 1 aliphatic rings. The summed E-state index contributed by atoms with van der Waals surface area (Å²) in [5.41, 5.74) is 1.13. The molecule has 0 atom stereocenters. The van der Waals surface area contributed by atoms with Gasteiger partial charge in [0, 0.05) is 18.5 Å². The van der Waals surface area contributed by atoms with Crippen LogP contribution in [0.5, 0.6) is 0 Å². The second-order valence-corrected chi connectivity index (χ2v) is 6.12. The van der Waals surface area contributed by atoms with Crippen LogP contribution in [0.3, 0.4) is 0 Å². The molecule has 1 aromatic heterocycles. The van der Waals surface area contributed by atoms with E-state index in [1.54, 1.807) is 11.3 Å². The van der Waals surface area contributed by atoms with E-state index in [4.69, 9.17) is 0 Å². The summed E-state index contributed by atoms with van der Waals surface area (Å²) in [5.74, 6) is 1.83. The van der Waals surface area contributed by atoms with Crippen LogP contribution in [-0.2, 0) is 6.54 Å². The molecule has 1 fully saturated rings. The molecule has 0 bridgehead atoms. The van der Waals surface area contributed by atoms with Crippen LogP contribution in [0.4, 0.5) is 0 Å². The van der Waals surface area contributed by atoms with Crippen LogP contribution in [-0.4, -0.2) is 24.5 Å². The Morgan fingerprint density at radius 2 is 2.17 bits per heavy atom. The molecule has 0 unspecified atom stereocenters. The third-order valence-corrected chi connectivity index (χ3v) is 4.32. The SMILES string of the molecule is CN=C(NCCC1CC1)NCc1nc(C)c(C)s1. The predicted octanol–water partition coefficient (Wildman–Crippen LogP) is 2.23. The highest BCUT2D eigenvalue weighted by Crippen LogP contribution is 2.31. The van der Waals surface area contributed by atoms with Gasteiger partial charge >= 0.3 is 0 Å². The van der Waals surface area contributed by atoms with E-state index >= 15 is 0 Å². The average Bonchev–Trinajstić information content (AvgIpc) is 3.11. The highest BCUT2D eigenvalue weighted by Gasteiger charge is 2.20. The van der Waals surface area contributed by atoms with Gasteiger partial charge in [-0.15, -0.1) is 11.3 Å². The summed E-state index contributed by atoms with van der Waals surface area (Å²) in [7, 11) is 1.81. The van der Waals surface area contributed by atoms with Crippen molar-refractivity contribution in [3.05, 3.63) is 15.6 Å². The fourth-order valence-corrected chi connectivity index (χ4v) is 2.67.